The Hall–Kier alpha value is -2.69. The van der Waals surface area contributed by atoms with E-state index in [1.54, 1.807) is 12.1 Å². The number of hydrogen-bond donors (Lipinski definition) is 2. The van der Waals surface area contributed by atoms with Gasteiger partial charge >= 0.3 is 0 Å². The maximum Gasteiger partial charge on any atom is 0.262 e. The molecule has 0 aromatic heterocycles. The van der Waals surface area contributed by atoms with Gasteiger partial charge < -0.3 is 15.0 Å². The number of anilines is 2. The average Bonchev–Trinajstić information content (AvgIpc) is 2.74. The highest BCUT2D eigenvalue weighted by Crippen LogP contribution is 2.30. The standard InChI is InChI=1S/C20H23FN4O4S/c21-16-3-1-2-4-18(16)25-11-9-24(10-12-25)8-7-22-30(27,28)15-5-6-19-17(13-15)23-20(26)14-29-19/h1-6,13,22H,7-12,14H2,(H,23,26). The summed E-state index contributed by atoms with van der Waals surface area (Å²) < 4.78 is 46.9. The Morgan fingerprint density at radius 1 is 1.10 bits per heavy atom. The molecule has 0 bridgehead atoms. The first kappa shape index (κ1) is 20.6. The molecule has 0 atom stereocenters. The summed E-state index contributed by atoms with van der Waals surface area (Å²) in [6.45, 7) is 3.52. The fourth-order valence-electron chi connectivity index (χ4n) is 3.57. The number of nitrogens with one attached hydrogen (secondary N) is 2. The molecule has 2 aliphatic rings. The van der Waals surface area contributed by atoms with Crippen LogP contribution in [0.3, 0.4) is 0 Å². The molecule has 4 rings (SSSR count). The Balaban J connectivity index is 1.29. The third-order valence-corrected chi connectivity index (χ3v) is 6.64. The Kier molecular flexibility index (Phi) is 5.89. The van der Waals surface area contributed by atoms with Crippen molar-refractivity contribution in [1.82, 2.24) is 9.62 Å². The molecule has 160 valence electrons. The van der Waals surface area contributed by atoms with Crippen LogP contribution in [0.15, 0.2) is 47.4 Å². The number of sulfonamides is 1. The normalized spacial score (nSPS) is 17.2. The highest BCUT2D eigenvalue weighted by molar-refractivity contribution is 7.89. The molecule has 0 spiro atoms. The van der Waals surface area contributed by atoms with Crippen LogP contribution >= 0.6 is 0 Å². The van der Waals surface area contributed by atoms with E-state index in [1.165, 1.54) is 24.3 Å². The van der Waals surface area contributed by atoms with Crippen molar-refractivity contribution in [3.8, 4) is 5.75 Å². The van der Waals surface area contributed by atoms with Gasteiger partial charge in [-0.25, -0.2) is 17.5 Å². The molecule has 0 aliphatic carbocycles. The third kappa shape index (κ3) is 4.55. The van der Waals surface area contributed by atoms with Gasteiger partial charge in [-0.2, -0.15) is 0 Å². The SMILES string of the molecule is O=C1COc2ccc(S(=O)(=O)NCCN3CCN(c4ccccc4F)CC3)cc2N1. The van der Waals surface area contributed by atoms with Crippen molar-refractivity contribution < 1.29 is 22.3 Å². The Bertz CT molecular complexity index is 1040. The number of benzene rings is 2. The molecular weight excluding hydrogens is 411 g/mol. The molecule has 2 aliphatic heterocycles. The first-order valence-electron chi connectivity index (χ1n) is 9.70. The third-order valence-electron chi connectivity index (χ3n) is 5.18. The van der Waals surface area contributed by atoms with Crippen LogP contribution in [0.5, 0.6) is 5.75 Å². The number of carbonyl (C=O) groups is 1. The zero-order valence-corrected chi connectivity index (χ0v) is 17.1. The maximum atomic E-state index is 13.9. The maximum absolute atomic E-state index is 13.9. The second-order valence-corrected chi connectivity index (χ2v) is 8.94. The molecule has 2 heterocycles. The molecule has 2 N–H and O–H groups in total. The summed E-state index contributed by atoms with van der Waals surface area (Å²) in [4.78, 5) is 15.6. The fraction of sp³-hybridized carbons (Fsp3) is 0.350. The Labute approximate surface area is 174 Å². The lowest BCUT2D eigenvalue weighted by atomic mass is 10.2. The van der Waals surface area contributed by atoms with E-state index in [4.69, 9.17) is 4.74 Å². The van der Waals surface area contributed by atoms with Crippen LogP contribution in [0.1, 0.15) is 0 Å². The van der Waals surface area contributed by atoms with Crippen LogP contribution in [0.4, 0.5) is 15.8 Å². The minimum Gasteiger partial charge on any atom is -0.482 e. The molecule has 30 heavy (non-hydrogen) atoms. The van der Waals surface area contributed by atoms with Crippen molar-refractivity contribution in [1.29, 1.82) is 0 Å². The Morgan fingerprint density at radius 2 is 1.87 bits per heavy atom. The number of rotatable bonds is 6. The van der Waals surface area contributed by atoms with E-state index in [0.717, 1.165) is 13.1 Å². The van der Waals surface area contributed by atoms with E-state index >= 15 is 0 Å². The summed E-state index contributed by atoms with van der Waals surface area (Å²) in [6.07, 6.45) is 0. The second kappa shape index (κ2) is 8.58. The summed E-state index contributed by atoms with van der Waals surface area (Å²) in [5.74, 6) is -0.105. The van der Waals surface area contributed by atoms with E-state index in [1.807, 2.05) is 11.0 Å². The van der Waals surface area contributed by atoms with Gasteiger partial charge in [0.25, 0.3) is 5.91 Å². The van der Waals surface area contributed by atoms with Gasteiger partial charge in [0.2, 0.25) is 10.0 Å². The highest BCUT2D eigenvalue weighted by Gasteiger charge is 2.22. The van der Waals surface area contributed by atoms with Crippen molar-refractivity contribution in [3.05, 3.63) is 48.3 Å². The largest absolute Gasteiger partial charge is 0.482 e. The van der Waals surface area contributed by atoms with Crippen molar-refractivity contribution in [2.45, 2.75) is 4.90 Å². The number of fused-ring (bicyclic) bond motifs is 1. The molecule has 8 nitrogen and oxygen atoms in total. The van der Waals surface area contributed by atoms with Gasteiger partial charge in [-0.1, -0.05) is 12.1 Å². The average molecular weight is 434 g/mol. The van der Waals surface area contributed by atoms with Gasteiger partial charge in [0.15, 0.2) is 6.61 Å². The van der Waals surface area contributed by atoms with Crippen LogP contribution in [-0.2, 0) is 14.8 Å². The number of carbonyl (C=O) groups excluding carboxylic acids is 1. The number of nitrogens with zero attached hydrogens (tertiary/aromatic N) is 2. The van der Waals surface area contributed by atoms with E-state index in [9.17, 15) is 17.6 Å². The van der Waals surface area contributed by atoms with Gasteiger partial charge in [0.1, 0.15) is 11.6 Å². The lowest BCUT2D eigenvalue weighted by molar-refractivity contribution is -0.118. The number of amides is 1. The van der Waals surface area contributed by atoms with Gasteiger partial charge in [-0.05, 0) is 30.3 Å². The van der Waals surface area contributed by atoms with Crippen molar-refractivity contribution in [2.24, 2.45) is 0 Å². The second-order valence-electron chi connectivity index (χ2n) is 7.17. The number of piperazine rings is 1. The predicted molar refractivity (Wildman–Crippen MR) is 111 cm³/mol. The summed E-state index contributed by atoms with van der Waals surface area (Å²) >= 11 is 0. The quantitative estimate of drug-likeness (QED) is 0.711. The number of ether oxygens (including phenoxy) is 1. The summed E-state index contributed by atoms with van der Waals surface area (Å²) in [7, 11) is -3.71. The lowest BCUT2D eigenvalue weighted by Crippen LogP contribution is -2.48. The number of hydrogen-bond acceptors (Lipinski definition) is 6. The zero-order chi connectivity index (χ0) is 21.1. The van der Waals surface area contributed by atoms with Crippen LogP contribution < -0.4 is 19.7 Å². The van der Waals surface area contributed by atoms with Crippen LogP contribution in [0.2, 0.25) is 0 Å². The van der Waals surface area contributed by atoms with Gasteiger partial charge in [0, 0.05) is 39.3 Å². The molecule has 0 radical (unpaired) electrons. The molecule has 1 fully saturated rings. The smallest absolute Gasteiger partial charge is 0.262 e. The molecule has 2 aromatic rings. The summed E-state index contributed by atoms with van der Waals surface area (Å²) in [6, 6.07) is 11.1. The molecule has 0 saturated carbocycles. The summed E-state index contributed by atoms with van der Waals surface area (Å²) in [5.41, 5.74) is 0.944. The molecular formula is C20H23FN4O4S. The highest BCUT2D eigenvalue weighted by atomic mass is 32.2. The molecule has 1 amide bonds. The molecule has 10 heteroatoms. The number of halogens is 1. The molecule has 0 unspecified atom stereocenters. The predicted octanol–water partition coefficient (Wildman–Crippen LogP) is 1.26. The van der Waals surface area contributed by atoms with Crippen molar-refractivity contribution in [3.63, 3.8) is 0 Å². The van der Waals surface area contributed by atoms with Crippen LogP contribution in [-0.4, -0.2) is 65.1 Å². The first-order valence-corrected chi connectivity index (χ1v) is 11.2. The minimum atomic E-state index is -3.71. The van der Waals surface area contributed by atoms with Crippen LogP contribution in [0, 0.1) is 5.82 Å². The van der Waals surface area contributed by atoms with Gasteiger partial charge in [-0.15, -0.1) is 0 Å². The molecule has 2 aromatic carbocycles. The first-order chi connectivity index (χ1) is 14.4. The van der Waals surface area contributed by atoms with Crippen molar-refractivity contribution >= 4 is 27.3 Å². The van der Waals surface area contributed by atoms with E-state index < -0.39 is 10.0 Å². The van der Waals surface area contributed by atoms with E-state index in [0.29, 0.717) is 36.8 Å². The summed E-state index contributed by atoms with van der Waals surface area (Å²) in [5, 5.41) is 2.61. The van der Waals surface area contributed by atoms with Crippen molar-refractivity contribution in [2.75, 3.05) is 56.1 Å². The Morgan fingerprint density at radius 3 is 2.63 bits per heavy atom. The molecule has 1 saturated heterocycles. The fourth-order valence-corrected chi connectivity index (χ4v) is 4.62. The monoisotopic (exact) mass is 434 g/mol. The zero-order valence-electron chi connectivity index (χ0n) is 16.3. The van der Waals surface area contributed by atoms with E-state index in [-0.39, 0.29) is 29.8 Å². The van der Waals surface area contributed by atoms with Gasteiger partial charge in [0.05, 0.1) is 16.3 Å². The topological polar surface area (TPSA) is 91.0 Å². The van der Waals surface area contributed by atoms with Gasteiger partial charge in [-0.3, -0.25) is 9.69 Å². The van der Waals surface area contributed by atoms with Crippen LogP contribution in [0.25, 0.3) is 0 Å². The lowest BCUT2D eigenvalue weighted by Gasteiger charge is -2.36. The van der Waals surface area contributed by atoms with E-state index in [2.05, 4.69) is 14.9 Å². The minimum absolute atomic E-state index is 0.0661. The number of para-hydroxylation sites is 1.